The third-order valence-electron chi connectivity index (χ3n) is 7.35. The second-order valence-corrected chi connectivity index (χ2v) is 11.4. The molecule has 6 nitrogen and oxygen atoms in total. The second-order valence-electron chi connectivity index (χ2n) is 9.53. The quantitative estimate of drug-likeness (QED) is 0.306. The predicted molar refractivity (Wildman–Crippen MR) is 135 cm³/mol. The first-order chi connectivity index (χ1) is 16.7. The normalized spacial score (nSPS) is 23.9. The fourth-order valence-electron chi connectivity index (χ4n) is 5.51. The van der Waals surface area contributed by atoms with E-state index in [9.17, 15) is 0 Å². The molecule has 7 rings (SSSR count). The lowest BCUT2D eigenvalue weighted by atomic mass is 10.1. The highest BCUT2D eigenvalue weighted by Gasteiger charge is 2.46. The Kier molecular flexibility index (Phi) is 5.09. The number of aromatic nitrogens is 4. The molecule has 9 heteroatoms. The van der Waals surface area contributed by atoms with Crippen molar-refractivity contribution < 1.29 is 4.74 Å². The standard InChI is InChI=1S/C25H23Cl2N5OS/c26-17-4-3-5-18(27)24(17)32-20(23(29-30-32)14-8-9-14)13-33-21-11-16-10-15(21)12-31(16)25-28-19-6-1-2-7-22(19)34-25/h1-7,14-16,21H,8-13H2/t15-,16-,21+/m0/s1. The zero-order valence-corrected chi connectivity index (χ0v) is 20.7. The fraction of sp³-hybridized carbons (Fsp3) is 0.400. The summed E-state index contributed by atoms with van der Waals surface area (Å²) in [6.07, 6.45) is 4.70. The van der Waals surface area contributed by atoms with Gasteiger partial charge in [-0.05, 0) is 49.9 Å². The van der Waals surface area contributed by atoms with Gasteiger partial charge in [-0.15, -0.1) is 5.10 Å². The highest BCUT2D eigenvalue weighted by Crippen LogP contribution is 2.45. The number of nitrogens with zero attached hydrogens (tertiary/aromatic N) is 5. The van der Waals surface area contributed by atoms with Gasteiger partial charge in [-0.25, -0.2) is 9.67 Å². The molecule has 3 aliphatic rings. The number of anilines is 1. The number of hydrogen-bond acceptors (Lipinski definition) is 6. The van der Waals surface area contributed by atoms with E-state index in [1.807, 2.05) is 18.2 Å². The van der Waals surface area contributed by atoms with Crippen LogP contribution in [0.2, 0.25) is 10.0 Å². The predicted octanol–water partition coefficient (Wildman–Crippen LogP) is 6.25. The van der Waals surface area contributed by atoms with Crippen molar-refractivity contribution in [3.05, 3.63) is 63.9 Å². The number of piperidine rings is 1. The Balaban J connectivity index is 1.10. The summed E-state index contributed by atoms with van der Waals surface area (Å²) >= 11 is 14.8. The number of hydrogen-bond donors (Lipinski definition) is 0. The van der Waals surface area contributed by atoms with Gasteiger partial charge < -0.3 is 9.64 Å². The summed E-state index contributed by atoms with van der Waals surface area (Å²) in [5.74, 6) is 0.970. The van der Waals surface area contributed by atoms with Crippen LogP contribution in [0.5, 0.6) is 0 Å². The van der Waals surface area contributed by atoms with Crippen LogP contribution in [0, 0.1) is 5.92 Å². The molecule has 0 unspecified atom stereocenters. The molecule has 174 valence electrons. The van der Waals surface area contributed by atoms with Crippen LogP contribution >= 0.6 is 34.5 Å². The molecule has 2 aromatic heterocycles. The maximum Gasteiger partial charge on any atom is 0.186 e. The number of fused-ring (bicyclic) bond motifs is 3. The number of ether oxygens (including phenoxy) is 1. The summed E-state index contributed by atoms with van der Waals surface area (Å²) in [6.45, 7) is 1.47. The SMILES string of the molecule is Clc1cccc(Cl)c1-n1nnc(C2CC2)c1CO[C@@H]1C[C@@H]2C[C@H]1CN2c1nc2ccccc2s1. The molecule has 2 aliphatic carbocycles. The maximum atomic E-state index is 6.55. The molecule has 2 bridgehead atoms. The van der Waals surface area contributed by atoms with Gasteiger partial charge in [0.05, 0.1) is 44.4 Å². The molecular formula is C25H23Cl2N5OS. The first-order valence-electron chi connectivity index (χ1n) is 11.8. The zero-order valence-electron chi connectivity index (χ0n) is 18.4. The average Bonchev–Trinajstić information content (AvgIpc) is 3.17. The summed E-state index contributed by atoms with van der Waals surface area (Å²) in [5.41, 5.74) is 3.77. The lowest BCUT2D eigenvalue weighted by Gasteiger charge is -2.31. The number of thiazole rings is 1. The van der Waals surface area contributed by atoms with E-state index in [1.165, 1.54) is 4.70 Å². The Morgan fingerprint density at radius 1 is 1.03 bits per heavy atom. The molecule has 4 aromatic rings. The van der Waals surface area contributed by atoms with Gasteiger partial charge in [0.25, 0.3) is 0 Å². The highest BCUT2D eigenvalue weighted by molar-refractivity contribution is 7.22. The Hall–Kier alpha value is -2.19. The molecule has 2 saturated carbocycles. The lowest BCUT2D eigenvalue weighted by Crippen LogP contribution is -2.38. The van der Waals surface area contributed by atoms with Crippen LogP contribution in [-0.4, -0.2) is 38.7 Å². The van der Waals surface area contributed by atoms with Crippen molar-refractivity contribution in [3.63, 3.8) is 0 Å². The van der Waals surface area contributed by atoms with Crippen molar-refractivity contribution >= 4 is 49.9 Å². The Morgan fingerprint density at radius 3 is 2.59 bits per heavy atom. The fourth-order valence-corrected chi connectivity index (χ4v) is 7.11. The van der Waals surface area contributed by atoms with E-state index < -0.39 is 0 Å². The van der Waals surface area contributed by atoms with Crippen molar-refractivity contribution in [3.8, 4) is 5.69 Å². The third-order valence-corrected chi connectivity index (χ3v) is 9.03. The van der Waals surface area contributed by atoms with Crippen molar-refractivity contribution in [1.29, 1.82) is 0 Å². The first-order valence-corrected chi connectivity index (χ1v) is 13.4. The van der Waals surface area contributed by atoms with Crippen LogP contribution in [-0.2, 0) is 11.3 Å². The molecule has 0 N–H and O–H groups in total. The van der Waals surface area contributed by atoms with E-state index in [1.54, 1.807) is 16.0 Å². The smallest absolute Gasteiger partial charge is 0.186 e. The summed E-state index contributed by atoms with van der Waals surface area (Å²) in [5, 5.41) is 11.2. The monoisotopic (exact) mass is 511 g/mol. The lowest BCUT2D eigenvalue weighted by molar-refractivity contribution is 0.00991. The van der Waals surface area contributed by atoms with Crippen LogP contribution in [0.15, 0.2) is 42.5 Å². The molecule has 0 spiro atoms. The van der Waals surface area contributed by atoms with Gasteiger partial charge in [-0.3, -0.25) is 0 Å². The van der Waals surface area contributed by atoms with Gasteiger partial charge >= 0.3 is 0 Å². The van der Waals surface area contributed by atoms with Crippen LogP contribution in [0.3, 0.4) is 0 Å². The average molecular weight is 512 g/mol. The molecule has 3 heterocycles. The summed E-state index contributed by atoms with van der Waals surface area (Å²) in [6, 6.07) is 14.4. The van der Waals surface area contributed by atoms with Gasteiger partial charge in [0.1, 0.15) is 5.69 Å². The molecule has 0 radical (unpaired) electrons. The van der Waals surface area contributed by atoms with Gasteiger partial charge in [-0.2, -0.15) is 0 Å². The second kappa shape index (κ2) is 8.19. The van der Waals surface area contributed by atoms with Crippen molar-refractivity contribution in [2.24, 2.45) is 5.92 Å². The van der Waals surface area contributed by atoms with E-state index in [-0.39, 0.29) is 6.10 Å². The number of rotatable bonds is 6. The minimum Gasteiger partial charge on any atom is -0.371 e. The largest absolute Gasteiger partial charge is 0.371 e. The van der Waals surface area contributed by atoms with Gasteiger partial charge in [0, 0.05) is 24.4 Å². The maximum absolute atomic E-state index is 6.55. The molecule has 1 saturated heterocycles. The molecule has 34 heavy (non-hydrogen) atoms. The van der Waals surface area contributed by atoms with E-state index in [0.717, 1.165) is 54.3 Å². The summed E-state index contributed by atoms with van der Waals surface area (Å²) in [7, 11) is 0. The molecular weight excluding hydrogens is 489 g/mol. The van der Waals surface area contributed by atoms with Crippen molar-refractivity contribution in [1.82, 2.24) is 20.0 Å². The van der Waals surface area contributed by atoms with Gasteiger partial charge in [0.2, 0.25) is 0 Å². The zero-order chi connectivity index (χ0) is 22.8. The third kappa shape index (κ3) is 3.52. The summed E-state index contributed by atoms with van der Waals surface area (Å²) < 4.78 is 9.59. The Bertz CT molecular complexity index is 1330. The number of halogens is 2. The number of benzene rings is 2. The Morgan fingerprint density at radius 2 is 1.85 bits per heavy atom. The topological polar surface area (TPSA) is 56.1 Å². The molecule has 3 atom stereocenters. The van der Waals surface area contributed by atoms with E-state index in [4.69, 9.17) is 32.9 Å². The van der Waals surface area contributed by atoms with E-state index in [0.29, 0.717) is 40.2 Å². The Labute approximate surface area is 211 Å². The van der Waals surface area contributed by atoms with Gasteiger partial charge in [0.15, 0.2) is 5.13 Å². The van der Waals surface area contributed by atoms with E-state index >= 15 is 0 Å². The van der Waals surface area contributed by atoms with E-state index in [2.05, 4.69) is 39.5 Å². The van der Waals surface area contributed by atoms with Gasteiger partial charge in [-0.1, -0.05) is 58.0 Å². The summed E-state index contributed by atoms with van der Waals surface area (Å²) in [4.78, 5) is 7.37. The van der Waals surface area contributed by atoms with Crippen LogP contribution in [0.1, 0.15) is 43.0 Å². The van der Waals surface area contributed by atoms with Crippen LogP contribution in [0.25, 0.3) is 15.9 Å². The van der Waals surface area contributed by atoms with Crippen molar-refractivity contribution in [2.75, 3.05) is 11.4 Å². The molecule has 2 aromatic carbocycles. The molecule has 0 amide bonds. The molecule has 3 fully saturated rings. The van der Waals surface area contributed by atoms with Crippen molar-refractivity contribution in [2.45, 2.75) is 50.4 Å². The number of para-hydroxylation sites is 2. The minimum atomic E-state index is 0.229. The highest BCUT2D eigenvalue weighted by atomic mass is 35.5. The van der Waals surface area contributed by atoms with Crippen LogP contribution in [0.4, 0.5) is 5.13 Å². The minimum absolute atomic E-state index is 0.229. The van der Waals surface area contributed by atoms with Crippen LogP contribution < -0.4 is 4.90 Å². The first kappa shape index (κ1) is 21.1. The molecule has 1 aliphatic heterocycles.